The van der Waals surface area contributed by atoms with E-state index in [1.165, 1.54) is 0 Å². The van der Waals surface area contributed by atoms with Crippen LogP contribution in [0, 0.1) is 5.92 Å². The number of ether oxygens (including phenoxy) is 2. The zero-order chi connectivity index (χ0) is 18.9. The summed E-state index contributed by atoms with van der Waals surface area (Å²) >= 11 is 0. The highest BCUT2D eigenvalue weighted by Gasteiger charge is 2.38. The summed E-state index contributed by atoms with van der Waals surface area (Å²) in [5, 5.41) is 4.91. The third-order valence-electron chi connectivity index (χ3n) is 4.27. The molecule has 5 nitrogen and oxygen atoms in total. The van der Waals surface area contributed by atoms with Gasteiger partial charge in [-0.15, -0.1) is 0 Å². The number of alkyl halides is 5. The third-order valence-corrected chi connectivity index (χ3v) is 4.27. The summed E-state index contributed by atoms with van der Waals surface area (Å²) in [4.78, 5) is 12.0. The molecule has 2 atom stereocenters. The van der Waals surface area contributed by atoms with Crippen molar-refractivity contribution in [3.8, 4) is 5.75 Å². The van der Waals surface area contributed by atoms with Gasteiger partial charge < -0.3 is 20.1 Å². The molecule has 1 saturated carbocycles. The molecule has 144 valence electrons. The van der Waals surface area contributed by atoms with Crippen molar-refractivity contribution in [2.45, 2.75) is 44.2 Å². The molecular weight excluding hydrogens is 363 g/mol. The molecule has 1 saturated heterocycles. The number of carbonyl (C=O) groups is 1. The van der Waals surface area contributed by atoms with Crippen molar-refractivity contribution in [2.24, 2.45) is 5.92 Å². The fourth-order valence-electron chi connectivity index (χ4n) is 2.93. The summed E-state index contributed by atoms with van der Waals surface area (Å²) in [5.74, 6) is -0.475. The van der Waals surface area contributed by atoms with Gasteiger partial charge in [0, 0.05) is 5.69 Å². The topological polar surface area (TPSA) is 59.6 Å². The van der Waals surface area contributed by atoms with E-state index in [1.807, 2.05) is 0 Å². The highest BCUT2D eigenvalue weighted by molar-refractivity contribution is 5.89. The molecule has 0 spiro atoms. The Labute approximate surface area is 145 Å². The highest BCUT2D eigenvalue weighted by Crippen LogP contribution is 2.39. The van der Waals surface area contributed by atoms with Crippen LogP contribution in [0.1, 0.15) is 24.8 Å². The lowest BCUT2D eigenvalue weighted by atomic mass is 10.1. The standard InChI is InChI=1S/C16H17F5N2O3/c17-14(18)26-12-4-3-9(5-11(12)16(19,20)21)22-15(24)23-10-6-13(25-7-10)8-1-2-8/h3-5,8,10,13-14H,1-2,6-7H2,(H2,22,23,24). The maximum Gasteiger partial charge on any atom is 0.420 e. The number of hydrogen-bond acceptors (Lipinski definition) is 3. The molecule has 10 heteroatoms. The number of carbonyl (C=O) groups excluding carboxylic acids is 1. The summed E-state index contributed by atoms with van der Waals surface area (Å²) in [7, 11) is 0. The molecule has 2 N–H and O–H groups in total. The summed E-state index contributed by atoms with van der Waals surface area (Å²) in [5.41, 5.74) is -1.58. The molecule has 1 aliphatic heterocycles. The number of hydrogen-bond donors (Lipinski definition) is 2. The van der Waals surface area contributed by atoms with Gasteiger partial charge in [0.2, 0.25) is 0 Å². The summed E-state index contributed by atoms with van der Waals surface area (Å²) < 4.78 is 72.9. The Morgan fingerprint density at radius 3 is 2.62 bits per heavy atom. The van der Waals surface area contributed by atoms with E-state index in [2.05, 4.69) is 15.4 Å². The first kappa shape index (κ1) is 18.7. The lowest BCUT2D eigenvalue weighted by molar-refractivity contribution is -0.141. The van der Waals surface area contributed by atoms with Crippen LogP contribution in [0.2, 0.25) is 0 Å². The number of amides is 2. The predicted octanol–water partition coefficient (Wildman–Crippen LogP) is 4.00. The van der Waals surface area contributed by atoms with Crippen LogP contribution in [0.5, 0.6) is 5.75 Å². The normalized spacial score (nSPS) is 23.2. The minimum atomic E-state index is -4.91. The second-order valence-corrected chi connectivity index (χ2v) is 6.33. The Kier molecular flexibility index (Phi) is 5.22. The number of benzene rings is 1. The van der Waals surface area contributed by atoms with Crippen LogP contribution >= 0.6 is 0 Å². The molecule has 1 aromatic carbocycles. The van der Waals surface area contributed by atoms with E-state index in [1.54, 1.807) is 0 Å². The van der Waals surface area contributed by atoms with Gasteiger partial charge in [-0.3, -0.25) is 0 Å². The quantitative estimate of drug-likeness (QED) is 0.760. The smallest absolute Gasteiger partial charge is 0.420 e. The van der Waals surface area contributed by atoms with E-state index in [0.717, 1.165) is 25.0 Å². The van der Waals surface area contributed by atoms with Gasteiger partial charge in [-0.1, -0.05) is 0 Å². The van der Waals surface area contributed by atoms with Crippen molar-refractivity contribution in [3.05, 3.63) is 23.8 Å². The monoisotopic (exact) mass is 380 g/mol. The Bertz CT molecular complexity index is 664. The van der Waals surface area contributed by atoms with E-state index < -0.39 is 30.1 Å². The van der Waals surface area contributed by atoms with E-state index in [4.69, 9.17) is 4.74 Å². The van der Waals surface area contributed by atoms with Crippen LogP contribution < -0.4 is 15.4 Å². The largest absolute Gasteiger partial charge is 0.434 e. The molecule has 0 radical (unpaired) electrons. The number of nitrogens with one attached hydrogen (secondary N) is 2. The summed E-state index contributed by atoms with van der Waals surface area (Å²) in [6, 6.07) is 1.45. The molecule has 2 aliphatic rings. The highest BCUT2D eigenvalue weighted by atomic mass is 19.4. The van der Waals surface area contributed by atoms with E-state index in [0.29, 0.717) is 25.0 Å². The van der Waals surface area contributed by atoms with Gasteiger partial charge in [0.15, 0.2) is 0 Å². The first-order chi connectivity index (χ1) is 12.2. The van der Waals surface area contributed by atoms with Crippen LogP contribution in [0.3, 0.4) is 0 Å². The first-order valence-electron chi connectivity index (χ1n) is 8.07. The van der Waals surface area contributed by atoms with Gasteiger partial charge in [0.05, 0.1) is 24.3 Å². The Hall–Kier alpha value is -2.10. The maximum absolute atomic E-state index is 13.0. The second-order valence-electron chi connectivity index (χ2n) is 6.33. The maximum atomic E-state index is 13.0. The fraction of sp³-hybridized carbons (Fsp3) is 0.562. The average Bonchev–Trinajstić information content (AvgIpc) is 3.28. The van der Waals surface area contributed by atoms with E-state index in [9.17, 15) is 26.7 Å². The Balaban J connectivity index is 1.62. The summed E-state index contributed by atoms with van der Waals surface area (Å²) in [6.45, 7) is -3.04. The Morgan fingerprint density at radius 2 is 2.00 bits per heavy atom. The molecule has 0 aromatic heterocycles. The van der Waals surface area contributed by atoms with Crippen LogP contribution in [0.15, 0.2) is 18.2 Å². The number of halogens is 5. The van der Waals surface area contributed by atoms with Crippen LogP contribution in [-0.2, 0) is 10.9 Å². The molecule has 2 unspecified atom stereocenters. The van der Waals surface area contributed by atoms with Crippen molar-refractivity contribution in [3.63, 3.8) is 0 Å². The molecule has 0 bridgehead atoms. The fourth-order valence-corrected chi connectivity index (χ4v) is 2.93. The summed E-state index contributed by atoms with van der Waals surface area (Å²) in [6.07, 6.45) is -1.92. The average molecular weight is 380 g/mol. The molecule has 1 aliphatic carbocycles. The molecule has 1 heterocycles. The molecule has 1 aromatic rings. The van der Waals surface area contributed by atoms with Crippen LogP contribution in [0.25, 0.3) is 0 Å². The predicted molar refractivity (Wildman–Crippen MR) is 81.1 cm³/mol. The van der Waals surface area contributed by atoms with Crippen molar-refractivity contribution in [1.29, 1.82) is 0 Å². The molecule has 26 heavy (non-hydrogen) atoms. The molecular formula is C16H17F5N2O3. The number of urea groups is 1. The van der Waals surface area contributed by atoms with Crippen molar-refractivity contribution in [1.82, 2.24) is 5.32 Å². The number of rotatable bonds is 5. The lowest BCUT2D eigenvalue weighted by Crippen LogP contribution is -2.38. The zero-order valence-electron chi connectivity index (χ0n) is 13.5. The molecule has 2 amide bonds. The van der Waals surface area contributed by atoms with Gasteiger partial charge in [0.25, 0.3) is 0 Å². The minimum Gasteiger partial charge on any atom is -0.434 e. The van der Waals surface area contributed by atoms with Crippen molar-refractivity contribution in [2.75, 3.05) is 11.9 Å². The third kappa shape index (κ3) is 4.75. The lowest BCUT2D eigenvalue weighted by Gasteiger charge is -2.16. The van der Waals surface area contributed by atoms with Gasteiger partial charge in [-0.2, -0.15) is 22.0 Å². The first-order valence-corrected chi connectivity index (χ1v) is 8.07. The second kappa shape index (κ2) is 7.26. The molecule has 3 rings (SSSR count). The van der Waals surface area contributed by atoms with Crippen molar-refractivity contribution >= 4 is 11.7 Å². The Morgan fingerprint density at radius 1 is 1.27 bits per heavy atom. The van der Waals surface area contributed by atoms with Gasteiger partial charge >= 0.3 is 18.8 Å². The van der Waals surface area contributed by atoms with Crippen LogP contribution in [-0.4, -0.2) is 31.4 Å². The molecule has 2 fully saturated rings. The van der Waals surface area contributed by atoms with Gasteiger partial charge in [0.1, 0.15) is 5.75 Å². The zero-order valence-corrected chi connectivity index (χ0v) is 13.5. The van der Waals surface area contributed by atoms with Gasteiger partial charge in [-0.05, 0) is 43.4 Å². The SMILES string of the molecule is O=C(Nc1ccc(OC(F)F)c(C(F)(F)F)c1)NC1COC(C2CC2)C1. The minimum absolute atomic E-state index is 0.114. The van der Waals surface area contributed by atoms with Gasteiger partial charge in [-0.25, -0.2) is 4.79 Å². The van der Waals surface area contributed by atoms with Crippen molar-refractivity contribution < 1.29 is 36.2 Å². The number of anilines is 1. The van der Waals surface area contributed by atoms with E-state index in [-0.39, 0.29) is 17.8 Å². The van der Waals surface area contributed by atoms with Crippen LogP contribution in [0.4, 0.5) is 32.4 Å². The van der Waals surface area contributed by atoms with E-state index >= 15 is 0 Å².